The molecule has 19 heavy (non-hydrogen) atoms. The highest BCUT2D eigenvalue weighted by Crippen LogP contribution is 2.13. The van der Waals surface area contributed by atoms with Gasteiger partial charge in [0.15, 0.2) is 9.84 Å². The van der Waals surface area contributed by atoms with Gasteiger partial charge in [0.25, 0.3) is 0 Å². The van der Waals surface area contributed by atoms with Crippen molar-refractivity contribution >= 4 is 15.7 Å². The Balaban J connectivity index is 1.98. The molecule has 1 amide bonds. The van der Waals surface area contributed by atoms with Crippen LogP contribution in [0, 0.1) is 6.92 Å². The molecule has 0 radical (unpaired) electrons. The molecule has 1 heterocycles. The molecule has 0 unspecified atom stereocenters. The molecule has 2 atom stereocenters. The van der Waals surface area contributed by atoms with Crippen molar-refractivity contribution in [3.63, 3.8) is 0 Å². The van der Waals surface area contributed by atoms with Gasteiger partial charge in [-0.2, -0.15) is 0 Å². The van der Waals surface area contributed by atoms with E-state index in [0.29, 0.717) is 0 Å². The molecule has 1 aromatic carbocycles. The lowest BCUT2D eigenvalue weighted by Gasteiger charge is -2.15. The highest BCUT2D eigenvalue weighted by Gasteiger charge is 2.37. The molecule has 2 N–H and O–H groups in total. The summed E-state index contributed by atoms with van der Waals surface area (Å²) in [5.74, 6) is -0.730. The van der Waals surface area contributed by atoms with Crippen LogP contribution in [0.3, 0.4) is 0 Å². The average Bonchev–Trinajstić information content (AvgIpc) is 2.55. The zero-order valence-electron chi connectivity index (χ0n) is 10.7. The minimum atomic E-state index is -3.24. The zero-order valence-corrected chi connectivity index (χ0v) is 11.5. The first-order chi connectivity index (χ1) is 8.87. The van der Waals surface area contributed by atoms with Crippen molar-refractivity contribution in [1.29, 1.82) is 0 Å². The van der Waals surface area contributed by atoms with Crippen molar-refractivity contribution in [2.75, 3.05) is 11.5 Å². The number of carbonyl (C=O) groups is 1. The molecular weight excluding hydrogens is 266 g/mol. The van der Waals surface area contributed by atoms with Crippen molar-refractivity contribution in [1.82, 2.24) is 5.32 Å². The van der Waals surface area contributed by atoms with Gasteiger partial charge in [0.05, 0.1) is 30.1 Å². The lowest BCUT2D eigenvalue weighted by Crippen LogP contribution is -2.43. The summed E-state index contributed by atoms with van der Waals surface area (Å²) in [4.78, 5) is 11.9. The second-order valence-electron chi connectivity index (χ2n) is 4.92. The number of nitrogens with one attached hydrogen (secondary N) is 1. The molecule has 1 aliphatic heterocycles. The standard InChI is InChI=1S/C13H17NO4S/c1-9-4-2-3-5-10(9)6-13(16)14-11-7-19(17,18)8-12(11)15/h2-5,11-12,15H,6-8H2,1H3,(H,14,16)/t11-,12-/m1/s1. The summed E-state index contributed by atoms with van der Waals surface area (Å²) in [5, 5.41) is 12.2. The fourth-order valence-electron chi connectivity index (χ4n) is 2.21. The number of aliphatic hydroxyl groups is 1. The minimum absolute atomic E-state index is 0.187. The van der Waals surface area contributed by atoms with Crippen LogP contribution in [0.1, 0.15) is 11.1 Å². The van der Waals surface area contributed by atoms with E-state index in [9.17, 15) is 18.3 Å². The summed E-state index contributed by atoms with van der Waals surface area (Å²) in [6, 6.07) is 6.82. The van der Waals surface area contributed by atoms with Gasteiger partial charge in [0, 0.05) is 0 Å². The van der Waals surface area contributed by atoms with Crippen LogP contribution in [-0.2, 0) is 21.1 Å². The normalized spacial score (nSPS) is 25.2. The van der Waals surface area contributed by atoms with E-state index in [1.54, 1.807) is 0 Å². The third kappa shape index (κ3) is 3.54. The van der Waals surface area contributed by atoms with Gasteiger partial charge in [-0.1, -0.05) is 24.3 Å². The minimum Gasteiger partial charge on any atom is -0.390 e. The number of carbonyl (C=O) groups excluding carboxylic acids is 1. The van der Waals surface area contributed by atoms with E-state index < -0.39 is 22.0 Å². The molecule has 1 aliphatic rings. The first-order valence-electron chi connectivity index (χ1n) is 6.10. The van der Waals surface area contributed by atoms with E-state index in [-0.39, 0.29) is 23.8 Å². The molecule has 2 rings (SSSR count). The third-order valence-corrected chi connectivity index (χ3v) is 5.00. The number of rotatable bonds is 3. The molecule has 104 valence electrons. The summed E-state index contributed by atoms with van der Waals surface area (Å²) in [6.07, 6.45) is -0.818. The first kappa shape index (κ1) is 14.0. The van der Waals surface area contributed by atoms with E-state index >= 15 is 0 Å². The van der Waals surface area contributed by atoms with Crippen molar-refractivity contribution in [2.45, 2.75) is 25.5 Å². The molecule has 0 aliphatic carbocycles. The molecule has 0 spiro atoms. The summed E-state index contributed by atoms with van der Waals surface area (Å²) in [5.41, 5.74) is 1.91. The molecule has 6 heteroatoms. The quantitative estimate of drug-likeness (QED) is 0.805. The van der Waals surface area contributed by atoms with Crippen LogP contribution in [0.5, 0.6) is 0 Å². The number of aliphatic hydroxyl groups excluding tert-OH is 1. The topological polar surface area (TPSA) is 83.5 Å². The van der Waals surface area contributed by atoms with Crippen molar-refractivity contribution < 1.29 is 18.3 Å². The second kappa shape index (κ2) is 5.30. The fraction of sp³-hybridized carbons (Fsp3) is 0.462. The summed E-state index contributed by atoms with van der Waals surface area (Å²) in [6.45, 7) is 1.91. The Bertz CT molecular complexity index is 582. The van der Waals surface area contributed by atoms with Gasteiger partial charge < -0.3 is 10.4 Å². The number of hydrogen-bond donors (Lipinski definition) is 2. The molecule has 1 aromatic rings. The molecule has 5 nitrogen and oxygen atoms in total. The largest absolute Gasteiger partial charge is 0.390 e. The van der Waals surface area contributed by atoms with Crippen LogP contribution < -0.4 is 5.32 Å². The molecule has 0 bridgehead atoms. The fourth-order valence-corrected chi connectivity index (χ4v) is 3.95. The number of amides is 1. The van der Waals surface area contributed by atoms with Gasteiger partial charge >= 0.3 is 0 Å². The Kier molecular flexibility index (Phi) is 3.91. The smallest absolute Gasteiger partial charge is 0.224 e. The van der Waals surface area contributed by atoms with Gasteiger partial charge in [-0.05, 0) is 18.1 Å². The summed E-state index contributed by atoms with van der Waals surface area (Å²) in [7, 11) is -3.24. The first-order valence-corrected chi connectivity index (χ1v) is 7.92. The SMILES string of the molecule is Cc1ccccc1CC(=O)N[C@@H]1CS(=O)(=O)C[C@H]1O. The van der Waals surface area contributed by atoms with Crippen molar-refractivity contribution in [2.24, 2.45) is 0 Å². The third-order valence-electron chi connectivity index (χ3n) is 3.28. The molecule has 0 aromatic heterocycles. The molecular formula is C13H17NO4S. The summed E-state index contributed by atoms with van der Waals surface area (Å²) >= 11 is 0. The van der Waals surface area contributed by atoms with Gasteiger partial charge in [0.1, 0.15) is 0 Å². The molecule has 0 saturated carbocycles. The Morgan fingerprint density at radius 2 is 2.05 bits per heavy atom. The van der Waals surface area contributed by atoms with Crippen LogP contribution in [-0.4, -0.2) is 43.1 Å². The second-order valence-corrected chi connectivity index (χ2v) is 7.08. The Morgan fingerprint density at radius 1 is 1.37 bits per heavy atom. The predicted molar refractivity (Wildman–Crippen MR) is 71.5 cm³/mol. The molecule has 1 saturated heterocycles. The van der Waals surface area contributed by atoms with Gasteiger partial charge in [-0.25, -0.2) is 8.42 Å². The molecule has 1 fully saturated rings. The lowest BCUT2D eigenvalue weighted by molar-refractivity contribution is -0.121. The van der Waals surface area contributed by atoms with Crippen LogP contribution >= 0.6 is 0 Å². The summed E-state index contributed by atoms with van der Waals surface area (Å²) < 4.78 is 22.7. The van der Waals surface area contributed by atoms with E-state index in [1.807, 2.05) is 31.2 Å². The van der Waals surface area contributed by atoms with Crippen LogP contribution in [0.2, 0.25) is 0 Å². The Hall–Kier alpha value is -1.40. The van der Waals surface area contributed by atoms with Gasteiger partial charge in [-0.15, -0.1) is 0 Å². The Morgan fingerprint density at radius 3 is 2.63 bits per heavy atom. The van der Waals surface area contributed by atoms with Crippen LogP contribution in [0.4, 0.5) is 0 Å². The highest BCUT2D eigenvalue weighted by atomic mass is 32.2. The number of aryl methyl sites for hydroxylation is 1. The Labute approximate surface area is 112 Å². The van der Waals surface area contributed by atoms with E-state index in [0.717, 1.165) is 11.1 Å². The lowest BCUT2D eigenvalue weighted by atomic mass is 10.1. The van der Waals surface area contributed by atoms with Gasteiger partial charge in [-0.3, -0.25) is 4.79 Å². The highest BCUT2D eigenvalue weighted by molar-refractivity contribution is 7.91. The van der Waals surface area contributed by atoms with Crippen molar-refractivity contribution in [3.05, 3.63) is 35.4 Å². The maximum absolute atomic E-state index is 11.9. The van der Waals surface area contributed by atoms with Crippen molar-refractivity contribution in [3.8, 4) is 0 Å². The monoisotopic (exact) mass is 283 g/mol. The maximum atomic E-state index is 11.9. The number of hydrogen-bond acceptors (Lipinski definition) is 4. The predicted octanol–water partition coefficient (Wildman–Crippen LogP) is -0.188. The maximum Gasteiger partial charge on any atom is 0.224 e. The number of sulfone groups is 1. The number of benzene rings is 1. The van der Waals surface area contributed by atoms with Crippen LogP contribution in [0.15, 0.2) is 24.3 Å². The van der Waals surface area contributed by atoms with E-state index in [1.165, 1.54) is 0 Å². The van der Waals surface area contributed by atoms with Crippen LogP contribution in [0.25, 0.3) is 0 Å². The zero-order chi connectivity index (χ0) is 14.0. The van der Waals surface area contributed by atoms with E-state index in [2.05, 4.69) is 5.32 Å². The average molecular weight is 283 g/mol. The van der Waals surface area contributed by atoms with E-state index in [4.69, 9.17) is 0 Å². The van der Waals surface area contributed by atoms with Gasteiger partial charge in [0.2, 0.25) is 5.91 Å².